The van der Waals surface area contributed by atoms with E-state index in [1.807, 2.05) is 0 Å². The average molecular weight is 259 g/mol. The van der Waals surface area contributed by atoms with Crippen molar-refractivity contribution in [2.24, 2.45) is 0 Å². The minimum Gasteiger partial charge on any atom is -0.478 e. The fourth-order valence-corrected chi connectivity index (χ4v) is 1.52. The van der Waals surface area contributed by atoms with Gasteiger partial charge >= 0.3 is 5.97 Å². The Morgan fingerprint density at radius 2 is 2.16 bits per heavy atom. The lowest BCUT2D eigenvalue weighted by Crippen LogP contribution is -2.04. The van der Waals surface area contributed by atoms with Crippen LogP contribution < -0.4 is 5.32 Å². The van der Waals surface area contributed by atoms with Gasteiger partial charge in [-0.2, -0.15) is 0 Å². The van der Waals surface area contributed by atoms with E-state index in [2.05, 4.69) is 10.3 Å². The van der Waals surface area contributed by atoms with E-state index in [9.17, 15) is 14.9 Å². The maximum Gasteiger partial charge on any atom is 0.338 e. The number of hydrogen-bond acceptors (Lipinski definition) is 5. The van der Waals surface area contributed by atoms with E-state index in [1.54, 1.807) is 18.3 Å². The van der Waals surface area contributed by atoms with Crippen molar-refractivity contribution in [2.45, 2.75) is 0 Å². The molecular formula is C12H9N3O4. The zero-order chi connectivity index (χ0) is 13.8. The Labute approximate surface area is 107 Å². The second kappa shape index (κ2) is 5.13. The fraction of sp³-hybridized carbons (Fsp3) is 0. The summed E-state index contributed by atoms with van der Waals surface area (Å²) < 4.78 is 0. The Balaban J connectivity index is 2.40. The molecule has 0 aliphatic heterocycles. The Kier molecular flexibility index (Phi) is 3.37. The van der Waals surface area contributed by atoms with Crippen molar-refractivity contribution in [3.05, 3.63) is 58.4 Å². The van der Waals surface area contributed by atoms with Crippen molar-refractivity contribution in [1.29, 1.82) is 0 Å². The highest BCUT2D eigenvalue weighted by atomic mass is 16.6. The Morgan fingerprint density at radius 3 is 2.74 bits per heavy atom. The van der Waals surface area contributed by atoms with Gasteiger partial charge in [0.1, 0.15) is 0 Å². The van der Waals surface area contributed by atoms with Crippen LogP contribution in [0.2, 0.25) is 0 Å². The smallest absolute Gasteiger partial charge is 0.338 e. The van der Waals surface area contributed by atoms with Gasteiger partial charge in [0, 0.05) is 18.3 Å². The molecule has 1 heterocycles. The summed E-state index contributed by atoms with van der Waals surface area (Å²) in [5, 5.41) is 22.6. The minimum absolute atomic E-state index is 0.168. The number of nitro groups is 1. The summed E-state index contributed by atoms with van der Waals surface area (Å²) in [6.45, 7) is 0. The van der Waals surface area contributed by atoms with Crippen molar-refractivity contribution in [2.75, 3.05) is 5.32 Å². The largest absolute Gasteiger partial charge is 0.478 e. The number of rotatable bonds is 4. The van der Waals surface area contributed by atoms with Crippen LogP contribution >= 0.6 is 0 Å². The number of hydrogen-bond donors (Lipinski definition) is 2. The number of non-ortho nitro benzene ring substituents is 1. The molecule has 96 valence electrons. The molecule has 0 aliphatic rings. The summed E-state index contributed by atoms with van der Waals surface area (Å²) in [5.74, 6) is -1.24. The van der Waals surface area contributed by atoms with E-state index in [1.165, 1.54) is 18.3 Å². The lowest BCUT2D eigenvalue weighted by molar-refractivity contribution is -0.384. The Hall–Kier alpha value is -2.96. The molecule has 1 aromatic heterocycles. The van der Waals surface area contributed by atoms with Crippen molar-refractivity contribution in [1.82, 2.24) is 4.98 Å². The van der Waals surface area contributed by atoms with E-state index >= 15 is 0 Å². The average Bonchev–Trinajstić information content (AvgIpc) is 2.39. The van der Waals surface area contributed by atoms with Gasteiger partial charge in [-0.05, 0) is 18.2 Å². The van der Waals surface area contributed by atoms with Crippen molar-refractivity contribution in [3.8, 4) is 0 Å². The van der Waals surface area contributed by atoms with Crippen LogP contribution in [0.15, 0.2) is 42.7 Å². The number of aromatic carboxylic acids is 1. The summed E-state index contributed by atoms with van der Waals surface area (Å²) in [4.78, 5) is 25.0. The summed E-state index contributed by atoms with van der Waals surface area (Å²) in [7, 11) is 0. The summed E-state index contributed by atoms with van der Waals surface area (Å²) >= 11 is 0. The molecule has 7 nitrogen and oxygen atoms in total. The second-order valence-electron chi connectivity index (χ2n) is 3.66. The summed E-state index contributed by atoms with van der Waals surface area (Å²) in [6.07, 6.45) is 3.10. The molecule has 0 unspecified atom stereocenters. The number of benzene rings is 1. The zero-order valence-corrected chi connectivity index (χ0v) is 9.61. The van der Waals surface area contributed by atoms with E-state index in [0.717, 1.165) is 6.07 Å². The number of nitrogens with one attached hydrogen (secondary N) is 1. The standard InChI is InChI=1S/C12H9N3O4/c16-12(17)10-6-9(15(18)19)3-4-11(10)14-8-2-1-5-13-7-8/h1-7,14H,(H,16,17). The van der Waals surface area contributed by atoms with Crippen LogP contribution in [-0.2, 0) is 0 Å². The topological polar surface area (TPSA) is 105 Å². The third-order valence-corrected chi connectivity index (χ3v) is 2.38. The van der Waals surface area contributed by atoms with Crippen LogP contribution in [0.5, 0.6) is 0 Å². The molecule has 0 radical (unpaired) electrons. The predicted octanol–water partition coefficient (Wildman–Crippen LogP) is 2.43. The first-order valence-electron chi connectivity index (χ1n) is 5.26. The van der Waals surface area contributed by atoms with Gasteiger partial charge in [-0.15, -0.1) is 0 Å². The zero-order valence-electron chi connectivity index (χ0n) is 9.61. The highest BCUT2D eigenvalue weighted by molar-refractivity contribution is 5.96. The lowest BCUT2D eigenvalue weighted by atomic mass is 10.1. The number of aromatic nitrogens is 1. The molecule has 0 atom stereocenters. The van der Waals surface area contributed by atoms with Crippen molar-refractivity contribution in [3.63, 3.8) is 0 Å². The van der Waals surface area contributed by atoms with E-state index in [4.69, 9.17) is 5.11 Å². The van der Waals surface area contributed by atoms with Gasteiger partial charge in [0.25, 0.3) is 5.69 Å². The Morgan fingerprint density at radius 1 is 1.37 bits per heavy atom. The van der Waals surface area contributed by atoms with Crippen LogP contribution in [0.3, 0.4) is 0 Å². The predicted molar refractivity (Wildman–Crippen MR) is 67.6 cm³/mol. The van der Waals surface area contributed by atoms with Crippen molar-refractivity contribution < 1.29 is 14.8 Å². The number of nitrogens with zero attached hydrogens (tertiary/aromatic N) is 2. The third kappa shape index (κ3) is 2.83. The SMILES string of the molecule is O=C(O)c1cc([N+](=O)[O-])ccc1Nc1cccnc1. The Bertz CT molecular complexity index is 628. The molecule has 0 saturated heterocycles. The normalized spacial score (nSPS) is 9.89. The molecule has 7 heteroatoms. The fourth-order valence-electron chi connectivity index (χ4n) is 1.52. The van der Waals surface area contributed by atoms with Gasteiger partial charge in [0.15, 0.2) is 0 Å². The first kappa shape index (κ1) is 12.5. The van der Waals surface area contributed by atoms with E-state index in [-0.39, 0.29) is 16.9 Å². The van der Waals surface area contributed by atoms with Crippen LogP contribution in [0.25, 0.3) is 0 Å². The molecule has 2 aromatic rings. The van der Waals surface area contributed by atoms with E-state index in [0.29, 0.717) is 5.69 Å². The molecule has 0 amide bonds. The molecule has 19 heavy (non-hydrogen) atoms. The number of carboxylic acid groups (broad SMARTS) is 1. The third-order valence-electron chi connectivity index (χ3n) is 2.38. The molecule has 1 aromatic carbocycles. The summed E-state index contributed by atoms with van der Waals surface area (Å²) in [6, 6.07) is 7.01. The van der Waals surface area contributed by atoms with Crippen LogP contribution in [-0.4, -0.2) is 21.0 Å². The summed E-state index contributed by atoms with van der Waals surface area (Å²) in [5.41, 5.74) is 0.428. The van der Waals surface area contributed by atoms with E-state index < -0.39 is 10.9 Å². The number of pyridine rings is 1. The van der Waals surface area contributed by atoms with Gasteiger partial charge < -0.3 is 10.4 Å². The maximum absolute atomic E-state index is 11.1. The van der Waals surface area contributed by atoms with Gasteiger partial charge in [0.05, 0.1) is 28.1 Å². The van der Waals surface area contributed by atoms with Gasteiger partial charge in [0.2, 0.25) is 0 Å². The van der Waals surface area contributed by atoms with Gasteiger partial charge in [-0.1, -0.05) is 0 Å². The molecule has 0 fully saturated rings. The second-order valence-corrected chi connectivity index (χ2v) is 3.66. The van der Waals surface area contributed by atoms with Gasteiger partial charge in [-0.25, -0.2) is 4.79 Å². The highest BCUT2D eigenvalue weighted by Crippen LogP contribution is 2.25. The maximum atomic E-state index is 11.1. The number of carboxylic acids is 1. The van der Waals surface area contributed by atoms with Crippen LogP contribution in [0, 0.1) is 10.1 Å². The molecule has 0 spiro atoms. The van der Waals surface area contributed by atoms with Crippen LogP contribution in [0.1, 0.15) is 10.4 Å². The minimum atomic E-state index is -1.24. The lowest BCUT2D eigenvalue weighted by Gasteiger charge is -2.08. The molecule has 0 saturated carbocycles. The highest BCUT2D eigenvalue weighted by Gasteiger charge is 2.16. The number of nitro benzene ring substituents is 1. The van der Waals surface area contributed by atoms with Crippen LogP contribution in [0.4, 0.5) is 17.1 Å². The first-order valence-corrected chi connectivity index (χ1v) is 5.26. The molecule has 0 bridgehead atoms. The quantitative estimate of drug-likeness (QED) is 0.645. The monoisotopic (exact) mass is 259 g/mol. The molecule has 2 rings (SSSR count). The molecular weight excluding hydrogens is 250 g/mol. The van der Waals surface area contributed by atoms with Gasteiger partial charge in [-0.3, -0.25) is 15.1 Å². The molecule has 0 aliphatic carbocycles. The molecule has 2 N–H and O–H groups in total. The van der Waals surface area contributed by atoms with Crippen molar-refractivity contribution >= 4 is 23.0 Å². The number of carbonyl (C=O) groups is 1. The number of anilines is 2. The first-order chi connectivity index (χ1) is 9.08.